The fourth-order valence-electron chi connectivity index (χ4n) is 2.38. The van der Waals surface area contributed by atoms with Crippen LogP contribution in [0.4, 0.5) is 14.5 Å². The summed E-state index contributed by atoms with van der Waals surface area (Å²) < 4.78 is 28.5. The van der Waals surface area contributed by atoms with Gasteiger partial charge in [-0.3, -0.25) is 9.59 Å². The summed E-state index contributed by atoms with van der Waals surface area (Å²) in [6, 6.07) is 12.8. The fourth-order valence-corrected chi connectivity index (χ4v) is 2.38. The molecule has 0 saturated heterocycles. The van der Waals surface area contributed by atoms with E-state index in [2.05, 4.69) is 15.4 Å². The van der Waals surface area contributed by atoms with Crippen LogP contribution in [0.5, 0.6) is 5.75 Å². The molecule has 0 aliphatic rings. The predicted molar refractivity (Wildman–Crippen MR) is 97.9 cm³/mol. The van der Waals surface area contributed by atoms with Gasteiger partial charge in [-0.25, -0.2) is 0 Å². The second-order valence-electron chi connectivity index (χ2n) is 5.66. The first-order valence-electron chi connectivity index (χ1n) is 8.40. The van der Waals surface area contributed by atoms with Crippen molar-refractivity contribution < 1.29 is 23.1 Å². The Kier molecular flexibility index (Phi) is 7.69. The van der Waals surface area contributed by atoms with Crippen LogP contribution in [0.15, 0.2) is 48.5 Å². The van der Waals surface area contributed by atoms with Gasteiger partial charge in [-0.05, 0) is 36.2 Å². The summed E-state index contributed by atoms with van der Waals surface area (Å²) in [5.41, 5.74) is 6.95. The van der Waals surface area contributed by atoms with Crippen LogP contribution in [0.25, 0.3) is 0 Å². The number of alkyl halides is 2. The van der Waals surface area contributed by atoms with E-state index in [0.29, 0.717) is 30.8 Å². The van der Waals surface area contributed by atoms with Crippen LogP contribution in [0.1, 0.15) is 22.3 Å². The van der Waals surface area contributed by atoms with Crippen molar-refractivity contribution in [2.24, 2.45) is 5.73 Å². The Balaban J connectivity index is 1.91. The van der Waals surface area contributed by atoms with Gasteiger partial charge in [-0.15, -0.1) is 0 Å². The van der Waals surface area contributed by atoms with Gasteiger partial charge in [0, 0.05) is 19.5 Å². The Morgan fingerprint density at radius 2 is 1.78 bits per heavy atom. The molecule has 0 aromatic heterocycles. The first kappa shape index (κ1) is 20.3. The zero-order chi connectivity index (χ0) is 19.6. The molecule has 6 nitrogen and oxygen atoms in total. The summed E-state index contributed by atoms with van der Waals surface area (Å²) in [6.45, 7) is -2.21. The molecule has 0 bridgehead atoms. The van der Waals surface area contributed by atoms with Gasteiger partial charge < -0.3 is 21.1 Å². The lowest BCUT2D eigenvalue weighted by atomic mass is 10.1. The molecule has 0 spiro atoms. The topological polar surface area (TPSA) is 93.5 Å². The maximum atomic E-state index is 12.2. The largest absolute Gasteiger partial charge is 0.435 e. The van der Waals surface area contributed by atoms with Gasteiger partial charge in [-0.1, -0.05) is 24.3 Å². The third-order valence-corrected chi connectivity index (χ3v) is 3.66. The lowest BCUT2D eigenvalue weighted by molar-refractivity contribution is -0.116. The Labute approximate surface area is 155 Å². The highest BCUT2D eigenvalue weighted by Crippen LogP contribution is 2.17. The number of carbonyl (C=O) groups is 2. The predicted octanol–water partition coefficient (Wildman–Crippen LogP) is 2.55. The van der Waals surface area contributed by atoms with E-state index < -0.39 is 6.61 Å². The van der Waals surface area contributed by atoms with Crippen LogP contribution in [-0.4, -0.2) is 31.5 Å². The van der Waals surface area contributed by atoms with E-state index in [-0.39, 0.29) is 24.0 Å². The molecular formula is C19H21F2N3O3. The number of nitrogens with two attached hydrogens (primary N) is 1. The molecule has 0 saturated carbocycles. The van der Waals surface area contributed by atoms with Gasteiger partial charge in [0.1, 0.15) is 5.75 Å². The van der Waals surface area contributed by atoms with Crippen molar-refractivity contribution in [1.29, 1.82) is 0 Å². The van der Waals surface area contributed by atoms with Crippen LogP contribution in [0, 0.1) is 0 Å². The van der Waals surface area contributed by atoms with Crippen molar-refractivity contribution >= 4 is 17.5 Å². The third kappa shape index (κ3) is 6.67. The standard InChI is InChI=1S/C19H21F2N3O3/c20-19(21)27-14-8-5-13(6-9-14)7-10-17(25)24-16-4-2-1-3-15(16)18(26)23-12-11-22/h1-6,8-9,19H,7,10-12,22H2,(H,23,26)(H,24,25). The molecule has 0 heterocycles. The van der Waals surface area contributed by atoms with Gasteiger partial charge in [0.2, 0.25) is 5.91 Å². The van der Waals surface area contributed by atoms with E-state index in [0.717, 1.165) is 5.56 Å². The molecule has 2 aromatic carbocycles. The molecule has 2 aromatic rings. The Morgan fingerprint density at radius 3 is 2.44 bits per heavy atom. The highest BCUT2D eigenvalue weighted by atomic mass is 19.3. The summed E-state index contributed by atoms with van der Waals surface area (Å²) in [5.74, 6) is -0.511. The van der Waals surface area contributed by atoms with Crippen LogP contribution in [0.3, 0.4) is 0 Å². The highest BCUT2D eigenvalue weighted by molar-refractivity contribution is 6.03. The molecule has 0 fully saturated rings. The number of amides is 2. The van der Waals surface area contributed by atoms with Gasteiger partial charge in [-0.2, -0.15) is 8.78 Å². The smallest absolute Gasteiger partial charge is 0.387 e. The van der Waals surface area contributed by atoms with E-state index >= 15 is 0 Å². The molecule has 4 N–H and O–H groups in total. The maximum absolute atomic E-state index is 12.2. The van der Waals surface area contributed by atoms with Gasteiger partial charge in [0.25, 0.3) is 5.91 Å². The lowest BCUT2D eigenvalue weighted by Crippen LogP contribution is -2.30. The van der Waals surface area contributed by atoms with Crippen molar-refractivity contribution in [3.63, 3.8) is 0 Å². The number of benzene rings is 2. The minimum atomic E-state index is -2.87. The molecule has 0 atom stereocenters. The second-order valence-corrected chi connectivity index (χ2v) is 5.66. The number of carbonyl (C=O) groups excluding carboxylic acids is 2. The fraction of sp³-hybridized carbons (Fsp3) is 0.263. The zero-order valence-electron chi connectivity index (χ0n) is 14.6. The van der Waals surface area contributed by atoms with Crippen LogP contribution in [0.2, 0.25) is 0 Å². The quantitative estimate of drug-likeness (QED) is 0.626. The maximum Gasteiger partial charge on any atom is 0.387 e. The monoisotopic (exact) mass is 377 g/mol. The van der Waals surface area contributed by atoms with Gasteiger partial charge in [0.05, 0.1) is 11.3 Å². The Bertz CT molecular complexity index is 767. The molecule has 0 radical (unpaired) electrons. The normalized spacial score (nSPS) is 10.5. The number of hydrogen-bond donors (Lipinski definition) is 3. The molecule has 2 rings (SSSR count). The van der Waals surface area contributed by atoms with E-state index in [1.807, 2.05) is 0 Å². The van der Waals surface area contributed by atoms with Crippen LogP contribution in [-0.2, 0) is 11.2 Å². The first-order valence-corrected chi connectivity index (χ1v) is 8.40. The third-order valence-electron chi connectivity index (χ3n) is 3.66. The van der Waals surface area contributed by atoms with Gasteiger partial charge in [0.15, 0.2) is 0 Å². The number of halogens is 2. The molecule has 8 heteroatoms. The zero-order valence-corrected chi connectivity index (χ0v) is 14.6. The summed E-state index contributed by atoms with van der Waals surface area (Å²) in [6.07, 6.45) is 0.593. The van der Waals surface area contributed by atoms with Gasteiger partial charge >= 0.3 is 6.61 Å². The number of nitrogens with one attached hydrogen (secondary N) is 2. The van der Waals surface area contributed by atoms with E-state index in [9.17, 15) is 18.4 Å². The van der Waals surface area contributed by atoms with E-state index in [4.69, 9.17) is 5.73 Å². The SMILES string of the molecule is NCCNC(=O)c1ccccc1NC(=O)CCc1ccc(OC(F)F)cc1. The van der Waals surface area contributed by atoms with Crippen molar-refractivity contribution in [1.82, 2.24) is 5.32 Å². The van der Waals surface area contributed by atoms with Crippen molar-refractivity contribution in [2.75, 3.05) is 18.4 Å². The number of rotatable bonds is 9. The second kappa shape index (κ2) is 10.2. The number of hydrogen-bond acceptors (Lipinski definition) is 4. The summed E-state index contributed by atoms with van der Waals surface area (Å²) >= 11 is 0. The molecular weight excluding hydrogens is 356 g/mol. The molecule has 2 amide bonds. The molecule has 144 valence electrons. The summed E-state index contributed by atoms with van der Waals surface area (Å²) in [7, 11) is 0. The van der Waals surface area contributed by atoms with Crippen molar-refractivity contribution in [3.8, 4) is 5.75 Å². The number of para-hydroxylation sites is 1. The minimum absolute atomic E-state index is 0.0654. The first-order chi connectivity index (χ1) is 13.0. The van der Waals surface area contributed by atoms with E-state index in [1.165, 1.54) is 12.1 Å². The van der Waals surface area contributed by atoms with Crippen molar-refractivity contribution in [2.45, 2.75) is 19.5 Å². The molecule has 0 aliphatic carbocycles. The number of ether oxygens (including phenoxy) is 1. The number of aryl methyl sites for hydroxylation is 1. The average Bonchev–Trinajstić information content (AvgIpc) is 2.65. The molecule has 0 unspecified atom stereocenters. The highest BCUT2D eigenvalue weighted by Gasteiger charge is 2.12. The lowest BCUT2D eigenvalue weighted by Gasteiger charge is -2.11. The van der Waals surface area contributed by atoms with E-state index in [1.54, 1.807) is 36.4 Å². The molecule has 27 heavy (non-hydrogen) atoms. The minimum Gasteiger partial charge on any atom is -0.435 e. The molecule has 0 aliphatic heterocycles. The van der Waals surface area contributed by atoms with Crippen molar-refractivity contribution in [3.05, 3.63) is 59.7 Å². The summed E-state index contributed by atoms with van der Waals surface area (Å²) in [4.78, 5) is 24.3. The average molecular weight is 377 g/mol. The van der Waals surface area contributed by atoms with Crippen LogP contribution < -0.4 is 21.1 Å². The Hall–Kier alpha value is -3.00. The Morgan fingerprint density at radius 1 is 1.07 bits per heavy atom. The number of anilines is 1. The summed E-state index contributed by atoms with van der Waals surface area (Å²) in [5, 5.41) is 5.38. The van der Waals surface area contributed by atoms with Crippen LogP contribution >= 0.6 is 0 Å².